The Kier molecular flexibility index (Phi) is 6.21. The predicted molar refractivity (Wildman–Crippen MR) is 124 cm³/mol. The van der Waals surface area contributed by atoms with Crippen LogP contribution in [0.1, 0.15) is 5.56 Å². The molecule has 1 fully saturated rings. The quantitative estimate of drug-likeness (QED) is 0.173. The maximum Gasteiger partial charge on any atom is 0.346 e. The first-order valence-electron chi connectivity index (χ1n) is 9.99. The third-order valence-corrected chi connectivity index (χ3v) is 6.22. The highest BCUT2D eigenvalue weighted by atomic mass is 32.2. The van der Waals surface area contributed by atoms with Gasteiger partial charge < -0.3 is 8.92 Å². The van der Waals surface area contributed by atoms with Crippen molar-refractivity contribution in [3.05, 3.63) is 94.0 Å². The first-order chi connectivity index (χ1) is 16.7. The highest BCUT2D eigenvalue weighted by molar-refractivity contribution is 7.87. The summed E-state index contributed by atoms with van der Waals surface area (Å²) in [4.78, 5) is 34.9. The molecular weight excluding hydrogens is 478 g/mol. The molecule has 12 heteroatoms. The highest BCUT2D eigenvalue weighted by Crippen LogP contribution is 2.34. The molecule has 0 unspecified atom stereocenters. The maximum absolute atomic E-state index is 12.8. The van der Waals surface area contributed by atoms with E-state index in [0.717, 1.165) is 17.1 Å². The zero-order valence-electron chi connectivity index (χ0n) is 18.1. The Morgan fingerprint density at radius 3 is 2.34 bits per heavy atom. The van der Waals surface area contributed by atoms with Crippen LogP contribution in [0.15, 0.2) is 83.3 Å². The molecule has 0 atom stereocenters. The molecule has 1 saturated heterocycles. The minimum absolute atomic E-state index is 0.0349. The summed E-state index contributed by atoms with van der Waals surface area (Å²) in [6.07, 6.45) is 1.32. The fourth-order valence-electron chi connectivity index (χ4n) is 3.31. The number of methoxy groups -OCH3 is 1. The topological polar surface area (TPSA) is 145 Å². The van der Waals surface area contributed by atoms with Gasteiger partial charge in [0.05, 0.1) is 17.7 Å². The van der Waals surface area contributed by atoms with Crippen molar-refractivity contribution in [3.63, 3.8) is 0 Å². The van der Waals surface area contributed by atoms with Crippen molar-refractivity contribution in [1.29, 1.82) is 0 Å². The van der Waals surface area contributed by atoms with Gasteiger partial charge in [-0.15, -0.1) is 0 Å². The first kappa shape index (κ1) is 23.4. The van der Waals surface area contributed by atoms with Gasteiger partial charge in [-0.05, 0) is 42.0 Å². The third kappa shape index (κ3) is 4.68. The van der Waals surface area contributed by atoms with Gasteiger partial charge in [0.2, 0.25) is 0 Å². The van der Waals surface area contributed by atoms with Crippen LogP contribution in [0, 0.1) is 10.1 Å². The van der Waals surface area contributed by atoms with E-state index in [0.29, 0.717) is 11.3 Å². The van der Waals surface area contributed by atoms with Crippen LogP contribution in [-0.4, -0.2) is 32.3 Å². The van der Waals surface area contributed by atoms with Gasteiger partial charge in [0, 0.05) is 6.07 Å². The van der Waals surface area contributed by atoms with Gasteiger partial charge in [0.1, 0.15) is 5.57 Å². The van der Waals surface area contributed by atoms with Crippen molar-refractivity contribution < 1.29 is 31.9 Å². The molecule has 35 heavy (non-hydrogen) atoms. The molecule has 178 valence electrons. The van der Waals surface area contributed by atoms with Gasteiger partial charge in [-0.25, -0.2) is 5.01 Å². The number of benzene rings is 3. The fourth-order valence-corrected chi connectivity index (χ4v) is 4.42. The van der Waals surface area contributed by atoms with Crippen molar-refractivity contribution in [2.75, 3.05) is 12.1 Å². The standard InChI is InChI=1S/C23H17N3O8S/c1-33-20-14-15(13-17-22(27)24-25(23(17)28)16-7-3-2-4-8-16)11-12-19(20)34-35(31,32)21-10-6-5-9-18(21)26(29)30/h2-14H,1H3,(H,24,27)/b17-13-. The van der Waals surface area contributed by atoms with E-state index >= 15 is 0 Å². The van der Waals surface area contributed by atoms with Crippen LogP contribution in [0.25, 0.3) is 6.08 Å². The number of amides is 2. The van der Waals surface area contributed by atoms with Crippen LogP contribution in [0.2, 0.25) is 0 Å². The lowest BCUT2D eigenvalue weighted by Crippen LogP contribution is -2.35. The van der Waals surface area contributed by atoms with Gasteiger partial charge in [0.15, 0.2) is 16.4 Å². The summed E-state index contributed by atoms with van der Waals surface area (Å²) < 4.78 is 35.8. The normalized spacial score (nSPS) is 14.7. The Balaban J connectivity index is 1.63. The average Bonchev–Trinajstić information content (AvgIpc) is 3.13. The van der Waals surface area contributed by atoms with Crippen molar-refractivity contribution >= 4 is 39.4 Å². The van der Waals surface area contributed by atoms with E-state index in [1.54, 1.807) is 30.3 Å². The molecule has 0 spiro atoms. The lowest BCUT2D eigenvalue weighted by molar-refractivity contribution is -0.387. The highest BCUT2D eigenvalue weighted by Gasteiger charge is 2.34. The smallest absolute Gasteiger partial charge is 0.346 e. The molecular formula is C23H17N3O8S. The van der Waals surface area contributed by atoms with E-state index in [2.05, 4.69) is 5.43 Å². The predicted octanol–water partition coefficient (Wildman–Crippen LogP) is 2.83. The van der Waals surface area contributed by atoms with Gasteiger partial charge in [-0.3, -0.25) is 25.1 Å². The number of carbonyl (C=O) groups is 2. The Morgan fingerprint density at radius 2 is 1.66 bits per heavy atom. The zero-order valence-corrected chi connectivity index (χ0v) is 18.9. The number of nitro benzene ring substituents is 1. The lowest BCUT2D eigenvalue weighted by atomic mass is 10.1. The Labute approximate surface area is 199 Å². The molecule has 4 rings (SSSR count). The number of para-hydroxylation sites is 2. The largest absolute Gasteiger partial charge is 0.493 e. The number of hydrogen-bond donors (Lipinski definition) is 1. The molecule has 2 amide bonds. The number of anilines is 1. The second-order valence-electron chi connectivity index (χ2n) is 7.15. The Morgan fingerprint density at radius 1 is 0.971 bits per heavy atom. The first-order valence-corrected chi connectivity index (χ1v) is 11.4. The number of nitrogens with zero attached hydrogens (tertiary/aromatic N) is 2. The van der Waals surface area contributed by atoms with Gasteiger partial charge in [0.25, 0.3) is 17.5 Å². The van der Waals surface area contributed by atoms with Gasteiger partial charge in [-0.1, -0.05) is 36.4 Å². The SMILES string of the molecule is COc1cc(/C=C2/C(=O)NN(c3ccccc3)C2=O)ccc1OS(=O)(=O)c1ccccc1[N+](=O)[O-]. The molecule has 11 nitrogen and oxygen atoms in total. The fraction of sp³-hybridized carbons (Fsp3) is 0.0435. The molecule has 0 bridgehead atoms. The van der Waals surface area contributed by atoms with Crippen molar-refractivity contribution in [2.45, 2.75) is 4.90 Å². The van der Waals surface area contributed by atoms with Crippen LogP contribution in [-0.2, 0) is 19.7 Å². The molecule has 0 radical (unpaired) electrons. The zero-order chi connectivity index (χ0) is 25.2. The average molecular weight is 495 g/mol. The number of rotatable bonds is 7. The van der Waals surface area contributed by atoms with Crippen LogP contribution >= 0.6 is 0 Å². The maximum atomic E-state index is 12.8. The summed E-state index contributed by atoms with van der Waals surface area (Å²) in [6, 6.07) is 17.3. The molecule has 1 aliphatic rings. The number of hydrazine groups is 1. The molecule has 1 heterocycles. The Hall–Kier alpha value is -4.71. The van der Waals surface area contributed by atoms with Crippen LogP contribution in [0.4, 0.5) is 11.4 Å². The number of nitrogens with one attached hydrogen (secondary N) is 1. The van der Waals surface area contributed by atoms with E-state index in [1.807, 2.05) is 0 Å². The molecule has 1 N–H and O–H groups in total. The molecule has 0 aliphatic carbocycles. The molecule has 3 aromatic rings. The second kappa shape index (κ2) is 9.27. The third-order valence-electron chi connectivity index (χ3n) is 4.94. The van der Waals surface area contributed by atoms with E-state index < -0.39 is 37.4 Å². The monoisotopic (exact) mass is 495 g/mol. The summed E-state index contributed by atoms with van der Waals surface area (Å²) in [5, 5.41) is 12.3. The van der Waals surface area contributed by atoms with Crippen molar-refractivity contribution in [3.8, 4) is 11.5 Å². The summed E-state index contributed by atoms with van der Waals surface area (Å²) in [5.41, 5.74) is 2.54. The van der Waals surface area contributed by atoms with Crippen LogP contribution in [0.5, 0.6) is 11.5 Å². The van der Waals surface area contributed by atoms with Crippen molar-refractivity contribution in [2.24, 2.45) is 0 Å². The number of ether oxygens (including phenoxy) is 1. The van der Waals surface area contributed by atoms with Gasteiger partial charge in [-0.2, -0.15) is 8.42 Å². The summed E-state index contributed by atoms with van der Waals surface area (Å²) >= 11 is 0. The van der Waals surface area contributed by atoms with E-state index in [9.17, 15) is 28.1 Å². The summed E-state index contributed by atoms with van der Waals surface area (Å²) in [7, 11) is -3.31. The minimum atomic E-state index is -4.57. The van der Waals surface area contributed by atoms with Crippen LogP contribution < -0.4 is 19.4 Å². The second-order valence-corrected chi connectivity index (χ2v) is 8.66. The minimum Gasteiger partial charge on any atom is -0.493 e. The number of hydrogen-bond acceptors (Lipinski definition) is 8. The molecule has 3 aromatic carbocycles. The van der Waals surface area contributed by atoms with E-state index in [-0.39, 0.29) is 17.1 Å². The van der Waals surface area contributed by atoms with E-state index in [4.69, 9.17) is 8.92 Å². The summed E-state index contributed by atoms with van der Waals surface area (Å²) in [6.45, 7) is 0. The van der Waals surface area contributed by atoms with Crippen molar-refractivity contribution in [1.82, 2.24) is 5.43 Å². The van der Waals surface area contributed by atoms with E-state index in [1.165, 1.54) is 43.5 Å². The number of nitro groups is 1. The molecule has 1 aliphatic heterocycles. The number of carbonyl (C=O) groups excluding carboxylic acids is 2. The Bertz CT molecular complexity index is 1470. The molecule has 0 aromatic heterocycles. The van der Waals surface area contributed by atoms with Gasteiger partial charge >= 0.3 is 10.1 Å². The lowest BCUT2D eigenvalue weighted by Gasteiger charge is -2.14. The summed E-state index contributed by atoms with van der Waals surface area (Å²) in [5.74, 6) is -1.45. The van der Waals surface area contributed by atoms with Crippen LogP contribution in [0.3, 0.4) is 0 Å². The molecule has 0 saturated carbocycles.